The molecule has 2 amide bonds. The Morgan fingerprint density at radius 1 is 1.11 bits per heavy atom. The Hall–Kier alpha value is -2.38. The second kappa shape index (κ2) is 8.54. The van der Waals surface area contributed by atoms with Crippen LogP contribution in [0.2, 0.25) is 5.02 Å². The van der Waals surface area contributed by atoms with E-state index < -0.39 is 5.97 Å². The molecule has 0 aliphatic carbocycles. The van der Waals surface area contributed by atoms with Crippen LogP contribution < -0.4 is 5.32 Å². The molecular formula is C19H19ClN2O4S. The van der Waals surface area contributed by atoms with Crippen molar-refractivity contribution in [1.29, 1.82) is 0 Å². The second-order valence-corrected chi connectivity index (χ2v) is 7.74. The van der Waals surface area contributed by atoms with Crippen molar-refractivity contribution in [3.8, 4) is 0 Å². The number of piperidine rings is 1. The van der Waals surface area contributed by atoms with Crippen molar-refractivity contribution >= 4 is 45.7 Å². The number of ether oxygens (including phenoxy) is 1. The lowest BCUT2D eigenvalue weighted by Crippen LogP contribution is -2.41. The van der Waals surface area contributed by atoms with Crippen LogP contribution in [0.15, 0.2) is 36.4 Å². The first kappa shape index (κ1) is 19.4. The third-order valence-corrected chi connectivity index (χ3v) is 5.72. The predicted octanol–water partition coefficient (Wildman–Crippen LogP) is 3.68. The number of halogens is 1. The third-order valence-electron chi connectivity index (χ3n) is 4.48. The van der Waals surface area contributed by atoms with Crippen molar-refractivity contribution in [3.63, 3.8) is 0 Å². The van der Waals surface area contributed by atoms with E-state index in [2.05, 4.69) is 10.1 Å². The molecule has 142 valence electrons. The van der Waals surface area contributed by atoms with Gasteiger partial charge in [-0.25, -0.2) is 4.79 Å². The van der Waals surface area contributed by atoms with Gasteiger partial charge in [0.1, 0.15) is 4.88 Å². The molecule has 0 unspecified atom stereocenters. The maximum atomic E-state index is 12.5. The maximum Gasteiger partial charge on any atom is 0.348 e. The first-order valence-corrected chi connectivity index (χ1v) is 9.71. The number of amides is 2. The number of esters is 1. The zero-order valence-corrected chi connectivity index (χ0v) is 16.3. The number of hydrogen-bond donors (Lipinski definition) is 1. The fourth-order valence-corrected chi connectivity index (χ4v) is 3.91. The molecule has 0 spiro atoms. The van der Waals surface area contributed by atoms with E-state index in [1.807, 2.05) is 0 Å². The van der Waals surface area contributed by atoms with Crippen LogP contribution in [-0.4, -0.2) is 42.9 Å². The van der Waals surface area contributed by atoms with Gasteiger partial charge in [-0.2, -0.15) is 0 Å². The van der Waals surface area contributed by atoms with Gasteiger partial charge in [0.05, 0.1) is 12.1 Å². The molecule has 2 heterocycles. The van der Waals surface area contributed by atoms with Crippen molar-refractivity contribution in [2.24, 2.45) is 5.92 Å². The van der Waals surface area contributed by atoms with Gasteiger partial charge in [-0.1, -0.05) is 11.6 Å². The molecule has 8 heteroatoms. The summed E-state index contributed by atoms with van der Waals surface area (Å²) >= 11 is 7.04. The molecule has 0 radical (unpaired) electrons. The number of benzene rings is 1. The van der Waals surface area contributed by atoms with Gasteiger partial charge in [-0.15, -0.1) is 11.3 Å². The van der Waals surface area contributed by atoms with Crippen LogP contribution in [0.3, 0.4) is 0 Å². The Balaban J connectivity index is 1.53. The summed E-state index contributed by atoms with van der Waals surface area (Å²) in [4.78, 5) is 38.7. The normalized spacial score (nSPS) is 14.7. The average molecular weight is 407 g/mol. The SMILES string of the molecule is COC(=O)c1ccc(NC(=O)C2CCN(C(=O)c3ccc(Cl)cc3)CC2)s1. The molecular weight excluding hydrogens is 388 g/mol. The van der Waals surface area contributed by atoms with Crippen molar-refractivity contribution in [2.75, 3.05) is 25.5 Å². The molecule has 1 N–H and O–H groups in total. The van der Waals surface area contributed by atoms with E-state index in [9.17, 15) is 14.4 Å². The molecule has 27 heavy (non-hydrogen) atoms. The molecule has 1 aromatic heterocycles. The number of thiophene rings is 1. The summed E-state index contributed by atoms with van der Waals surface area (Å²) in [5.74, 6) is -0.726. The lowest BCUT2D eigenvalue weighted by atomic mass is 9.95. The van der Waals surface area contributed by atoms with Crippen molar-refractivity contribution in [2.45, 2.75) is 12.8 Å². The lowest BCUT2D eigenvalue weighted by molar-refractivity contribution is -0.121. The minimum absolute atomic E-state index is 0.0495. The number of nitrogens with zero attached hydrogens (tertiary/aromatic N) is 1. The summed E-state index contributed by atoms with van der Waals surface area (Å²) in [7, 11) is 1.32. The van der Waals surface area contributed by atoms with E-state index in [4.69, 9.17) is 11.6 Å². The van der Waals surface area contributed by atoms with Crippen LogP contribution in [0.5, 0.6) is 0 Å². The Kier molecular flexibility index (Phi) is 6.13. The Bertz CT molecular complexity index is 842. The standard InChI is InChI=1S/C19H19ClN2O4S/c1-26-19(25)15-6-7-16(27-15)21-17(23)12-8-10-22(11-9-12)18(24)13-2-4-14(20)5-3-13/h2-7,12H,8-11H2,1H3,(H,21,23). The summed E-state index contributed by atoms with van der Waals surface area (Å²) in [6.07, 6.45) is 1.20. The number of rotatable bonds is 4. The van der Waals surface area contributed by atoms with E-state index in [1.54, 1.807) is 41.3 Å². The van der Waals surface area contributed by atoms with Gasteiger partial charge in [0.2, 0.25) is 5.91 Å². The minimum Gasteiger partial charge on any atom is -0.465 e. The highest BCUT2D eigenvalue weighted by molar-refractivity contribution is 7.18. The average Bonchev–Trinajstić information content (AvgIpc) is 3.16. The van der Waals surface area contributed by atoms with Crippen molar-refractivity contribution in [1.82, 2.24) is 4.90 Å². The van der Waals surface area contributed by atoms with Gasteiger partial charge in [-0.3, -0.25) is 9.59 Å². The zero-order valence-electron chi connectivity index (χ0n) is 14.7. The zero-order chi connectivity index (χ0) is 19.4. The Morgan fingerprint density at radius 3 is 2.41 bits per heavy atom. The van der Waals surface area contributed by atoms with Gasteiger partial charge in [-0.05, 0) is 49.2 Å². The molecule has 1 saturated heterocycles. The monoisotopic (exact) mass is 406 g/mol. The number of hydrogen-bond acceptors (Lipinski definition) is 5. The molecule has 6 nitrogen and oxygen atoms in total. The smallest absolute Gasteiger partial charge is 0.348 e. The van der Waals surface area contributed by atoms with Crippen molar-refractivity contribution < 1.29 is 19.1 Å². The molecule has 1 aromatic carbocycles. The van der Waals surface area contributed by atoms with Gasteiger partial charge in [0.25, 0.3) is 5.91 Å². The number of likely N-dealkylation sites (tertiary alicyclic amines) is 1. The highest BCUT2D eigenvalue weighted by Crippen LogP contribution is 2.26. The first-order chi connectivity index (χ1) is 13.0. The summed E-state index contributed by atoms with van der Waals surface area (Å²) in [6.45, 7) is 1.05. The molecule has 3 rings (SSSR count). The number of nitrogens with one attached hydrogen (secondary N) is 1. The topological polar surface area (TPSA) is 75.7 Å². The molecule has 1 fully saturated rings. The van der Waals surface area contributed by atoms with Crippen LogP contribution in [0, 0.1) is 5.92 Å². The Morgan fingerprint density at radius 2 is 1.78 bits per heavy atom. The van der Waals surface area contributed by atoms with E-state index in [-0.39, 0.29) is 17.7 Å². The van der Waals surface area contributed by atoms with Crippen LogP contribution in [-0.2, 0) is 9.53 Å². The number of carbonyl (C=O) groups is 3. The van der Waals surface area contributed by atoms with Crippen molar-refractivity contribution in [3.05, 3.63) is 51.9 Å². The van der Waals surface area contributed by atoms with E-state index in [0.29, 0.717) is 46.4 Å². The van der Waals surface area contributed by atoms with Gasteiger partial charge in [0, 0.05) is 29.6 Å². The van der Waals surface area contributed by atoms with Crippen LogP contribution in [0.4, 0.5) is 5.00 Å². The van der Waals surface area contributed by atoms with Gasteiger partial charge >= 0.3 is 5.97 Å². The molecule has 0 saturated carbocycles. The number of carbonyl (C=O) groups excluding carboxylic acids is 3. The molecule has 0 bridgehead atoms. The highest BCUT2D eigenvalue weighted by Gasteiger charge is 2.28. The lowest BCUT2D eigenvalue weighted by Gasteiger charge is -2.31. The van der Waals surface area contributed by atoms with Gasteiger partial charge in [0.15, 0.2) is 0 Å². The second-order valence-electron chi connectivity index (χ2n) is 6.22. The van der Waals surface area contributed by atoms with E-state index in [0.717, 1.165) is 0 Å². The molecule has 1 aliphatic heterocycles. The fourth-order valence-electron chi connectivity index (χ4n) is 2.96. The summed E-state index contributed by atoms with van der Waals surface area (Å²) < 4.78 is 4.66. The van der Waals surface area contributed by atoms with Crippen LogP contribution >= 0.6 is 22.9 Å². The summed E-state index contributed by atoms with van der Waals surface area (Å²) in [6, 6.07) is 10.1. The van der Waals surface area contributed by atoms with Gasteiger partial charge < -0.3 is 15.0 Å². The van der Waals surface area contributed by atoms with E-state index in [1.165, 1.54) is 18.4 Å². The first-order valence-electron chi connectivity index (χ1n) is 8.52. The number of anilines is 1. The largest absolute Gasteiger partial charge is 0.465 e. The summed E-state index contributed by atoms with van der Waals surface area (Å²) in [5, 5.41) is 4.05. The number of methoxy groups -OCH3 is 1. The Labute approximate surface area is 166 Å². The minimum atomic E-state index is -0.422. The maximum absolute atomic E-state index is 12.5. The summed E-state index contributed by atoms with van der Waals surface area (Å²) in [5.41, 5.74) is 0.594. The molecule has 1 aliphatic rings. The van der Waals surface area contributed by atoms with Crippen LogP contribution in [0.25, 0.3) is 0 Å². The third kappa shape index (κ3) is 4.67. The predicted molar refractivity (Wildman–Crippen MR) is 104 cm³/mol. The molecule has 0 atom stereocenters. The highest BCUT2D eigenvalue weighted by atomic mass is 35.5. The van der Waals surface area contributed by atoms with Crippen LogP contribution in [0.1, 0.15) is 32.9 Å². The quantitative estimate of drug-likeness (QED) is 0.786. The fraction of sp³-hybridized carbons (Fsp3) is 0.316. The molecule has 2 aromatic rings. The van der Waals surface area contributed by atoms with E-state index >= 15 is 0 Å².